The fourth-order valence-electron chi connectivity index (χ4n) is 4.24. The highest BCUT2D eigenvalue weighted by Crippen LogP contribution is 2.49. The number of hydrogen-bond donors (Lipinski definition) is 2. The predicted octanol–water partition coefficient (Wildman–Crippen LogP) is 4.31. The third-order valence-corrected chi connectivity index (χ3v) is 5.73. The molecule has 120 valence electrons. The van der Waals surface area contributed by atoms with Crippen molar-refractivity contribution in [2.45, 2.75) is 44.4 Å². The van der Waals surface area contributed by atoms with E-state index in [2.05, 4.69) is 22.6 Å². The third kappa shape index (κ3) is 3.14. The second kappa shape index (κ2) is 6.37. The molecule has 0 aliphatic heterocycles. The Labute approximate surface area is 138 Å². The van der Waals surface area contributed by atoms with Gasteiger partial charge in [0, 0.05) is 17.1 Å². The fraction of sp³-hybridized carbons (Fsp3) is 0.550. The van der Waals surface area contributed by atoms with Gasteiger partial charge in [-0.05, 0) is 73.9 Å². The molecule has 0 bridgehead atoms. The summed E-state index contributed by atoms with van der Waals surface area (Å²) >= 11 is 0. The first-order valence-corrected chi connectivity index (χ1v) is 9.07. The molecule has 0 amide bonds. The molecule has 3 nitrogen and oxygen atoms in total. The van der Waals surface area contributed by atoms with Crippen LogP contribution in [0, 0.1) is 23.2 Å². The maximum Gasteiger partial charge on any atom is 0.0991 e. The molecular formula is C20H25N3. The van der Waals surface area contributed by atoms with E-state index < -0.39 is 0 Å². The smallest absolute Gasteiger partial charge is 0.0991 e. The number of nitrogens with one attached hydrogen (secondary N) is 2. The van der Waals surface area contributed by atoms with Gasteiger partial charge in [-0.15, -0.1) is 0 Å². The Balaban J connectivity index is 1.34. The maximum absolute atomic E-state index is 9.10. The van der Waals surface area contributed by atoms with Gasteiger partial charge in [0.25, 0.3) is 0 Å². The van der Waals surface area contributed by atoms with Gasteiger partial charge in [-0.3, -0.25) is 0 Å². The van der Waals surface area contributed by atoms with Gasteiger partial charge >= 0.3 is 0 Å². The molecule has 2 fully saturated rings. The number of nitrogens with zero attached hydrogens (tertiary/aromatic N) is 1. The molecule has 4 rings (SSSR count). The highest BCUT2D eigenvalue weighted by atomic mass is 14.9. The van der Waals surface area contributed by atoms with Gasteiger partial charge in [0.05, 0.1) is 11.6 Å². The molecule has 2 aliphatic carbocycles. The Hall–Kier alpha value is -1.79. The molecule has 23 heavy (non-hydrogen) atoms. The van der Waals surface area contributed by atoms with Crippen molar-refractivity contribution in [2.24, 2.45) is 11.8 Å². The molecule has 0 radical (unpaired) electrons. The largest absolute Gasteiger partial charge is 0.361 e. The SMILES string of the molecule is N#Cc1ccc2[nH]cc(C3CC3CNCC3CCCCC3)c2c1. The molecule has 2 aliphatic rings. The van der Waals surface area contributed by atoms with Crippen molar-refractivity contribution in [3.05, 3.63) is 35.5 Å². The zero-order chi connectivity index (χ0) is 15.6. The Kier molecular flexibility index (Phi) is 4.10. The van der Waals surface area contributed by atoms with Gasteiger partial charge in [0.1, 0.15) is 0 Å². The van der Waals surface area contributed by atoms with Crippen molar-refractivity contribution in [3.8, 4) is 6.07 Å². The summed E-state index contributed by atoms with van der Waals surface area (Å²) in [4.78, 5) is 3.36. The van der Waals surface area contributed by atoms with Crippen molar-refractivity contribution >= 4 is 10.9 Å². The summed E-state index contributed by atoms with van der Waals surface area (Å²) in [5.74, 6) is 2.34. The summed E-state index contributed by atoms with van der Waals surface area (Å²) in [5.41, 5.74) is 3.31. The van der Waals surface area contributed by atoms with Crippen molar-refractivity contribution in [1.82, 2.24) is 10.3 Å². The molecule has 0 saturated heterocycles. The first-order valence-electron chi connectivity index (χ1n) is 9.07. The standard InChI is InChI=1S/C20H25N3/c21-10-15-6-7-20-18(8-15)19(13-23-20)17-9-16(17)12-22-11-14-4-2-1-3-5-14/h6-8,13-14,16-17,22-23H,1-5,9,11-12H2. The number of fused-ring (bicyclic) bond motifs is 1. The van der Waals surface area contributed by atoms with E-state index in [4.69, 9.17) is 5.26 Å². The minimum Gasteiger partial charge on any atom is -0.361 e. The summed E-state index contributed by atoms with van der Waals surface area (Å²) in [6.45, 7) is 2.35. The van der Waals surface area contributed by atoms with Crippen LogP contribution in [-0.2, 0) is 0 Å². The topological polar surface area (TPSA) is 51.6 Å². The Morgan fingerprint density at radius 3 is 2.87 bits per heavy atom. The summed E-state index contributed by atoms with van der Waals surface area (Å²) < 4.78 is 0. The van der Waals surface area contributed by atoms with Gasteiger partial charge in [0.15, 0.2) is 0 Å². The fourth-order valence-corrected chi connectivity index (χ4v) is 4.24. The molecule has 0 spiro atoms. The van der Waals surface area contributed by atoms with Gasteiger partial charge in [-0.1, -0.05) is 19.3 Å². The van der Waals surface area contributed by atoms with E-state index in [9.17, 15) is 0 Å². The lowest BCUT2D eigenvalue weighted by Crippen LogP contribution is -2.26. The van der Waals surface area contributed by atoms with Gasteiger partial charge < -0.3 is 10.3 Å². The quantitative estimate of drug-likeness (QED) is 0.864. The number of H-pyrrole nitrogens is 1. The highest BCUT2D eigenvalue weighted by molar-refractivity contribution is 5.85. The average Bonchev–Trinajstić information content (AvgIpc) is 3.24. The first-order chi connectivity index (χ1) is 11.3. The van der Waals surface area contributed by atoms with Crippen LogP contribution in [0.2, 0.25) is 0 Å². The molecule has 3 heteroatoms. The van der Waals surface area contributed by atoms with Crippen LogP contribution >= 0.6 is 0 Å². The van der Waals surface area contributed by atoms with Crippen LogP contribution in [0.1, 0.15) is 55.6 Å². The van der Waals surface area contributed by atoms with Crippen LogP contribution in [0.5, 0.6) is 0 Å². The van der Waals surface area contributed by atoms with Crippen LogP contribution < -0.4 is 5.32 Å². The van der Waals surface area contributed by atoms with E-state index in [0.717, 1.165) is 29.5 Å². The average molecular weight is 307 g/mol. The number of benzene rings is 1. The van der Waals surface area contributed by atoms with Crippen molar-refractivity contribution in [2.75, 3.05) is 13.1 Å². The minimum absolute atomic E-state index is 0.663. The van der Waals surface area contributed by atoms with Gasteiger partial charge in [-0.2, -0.15) is 5.26 Å². The second-order valence-corrected chi connectivity index (χ2v) is 7.38. The van der Waals surface area contributed by atoms with E-state index in [1.54, 1.807) is 0 Å². The summed E-state index contributed by atoms with van der Waals surface area (Å²) in [6.07, 6.45) is 10.6. The minimum atomic E-state index is 0.663. The molecule has 2 aromatic rings. The van der Waals surface area contributed by atoms with Gasteiger partial charge in [0.2, 0.25) is 0 Å². The van der Waals surface area contributed by atoms with Crippen LogP contribution in [-0.4, -0.2) is 18.1 Å². The van der Waals surface area contributed by atoms with Crippen LogP contribution in [0.4, 0.5) is 0 Å². The first kappa shape index (κ1) is 14.8. The third-order valence-electron chi connectivity index (χ3n) is 5.73. The van der Waals surface area contributed by atoms with Crippen LogP contribution in [0.3, 0.4) is 0 Å². The van der Waals surface area contributed by atoms with Crippen molar-refractivity contribution in [1.29, 1.82) is 5.26 Å². The van der Waals surface area contributed by atoms with Crippen LogP contribution in [0.15, 0.2) is 24.4 Å². The van der Waals surface area contributed by atoms with E-state index in [-0.39, 0.29) is 0 Å². The van der Waals surface area contributed by atoms with Crippen molar-refractivity contribution < 1.29 is 0 Å². The number of rotatable bonds is 5. The molecular weight excluding hydrogens is 282 g/mol. The number of hydrogen-bond acceptors (Lipinski definition) is 2. The highest BCUT2D eigenvalue weighted by Gasteiger charge is 2.39. The number of aromatic amines is 1. The Morgan fingerprint density at radius 1 is 1.17 bits per heavy atom. The second-order valence-electron chi connectivity index (χ2n) is 7.38. The molecule has 1 heterocycles. The van der Waals surface area contributed by atoms with Gasteiger partial charge in [-0.25, -0.2) is 0 Å². The van der Waals surface area contributed by atoms with E-state index in [1.165, 1.54) is 56.0 Å². The zero-order valence-corrected chi connectivity index (χ0v) is 13.6. The number of aromatic nitrogens is 1. The summed E-state index contributed by atoms with van der Waals surface area (Å²) in [5, 5.41) is 14.1. The summed E-state index contributed by atoms with van der Waals surface area (Å²) in [6, 6.07) is 8.20. The van der Waals surface area contributed by atoms with Crippen molar-refractivity contribution in [3.63, 3.8) is 0 Å². The Morgan fingerprint density at radius 2 is 2.04 bits per heavy atom. The summed E-state index contributed by atoms with van der Waals surface area (Å²) in [7, 11) is 0. The molecule has 2 unspecified atom stereocenters. The van der Waals surface area contributed by atoms with E-state index in [1.807, 2.05) is 18.2 Å². The molecule has 2 saturated carbocycles. The Bertz CT molecular complexity index is 718. The molecule has 2 N–H and O–H groups in total. The predicted molar refractivity (Wildman–Crippen MR) is 93.3 cm³/mol. The number of nitriles is 1. The van der Waals surface area contributed by atoms with Crippen LogP contribution in [0.25, 0.3) is 10.9 Å². The normalized spacial score (nSPS) is 24.7. The molecule has 2 atom stereocenters. The zero-order valence-electron chi connectivity index (χ0n) is 13.6. The van der Waals surface area contributed by atoms with E-state index >= 15 is 0 Å². The lowest BCUT2D eigenvalue weighted by molar-refractivity contribution is 0.340. The lowest BCUT2D eigenvalue weighted by Gasteiger charge is -2.21. The maximum atomic E-state index is 9.10. The molecule has 1 aromatic heterocycles. The molecule has 1 aromatic carbocycles. The van der Waals surface area contributed by atoms with E-state index in [0.29, 0.717) is 5.92 Å². The lowest BCUT2D eigenvalue weighted by atomic mass is 9.89. The monoisotopic (exact) mass is 307 g/mol.